The van der Waals surface area contributed by atoms with E-state index in [1.165, 1.54) is 62.6 Å². The summed E-state index contributed by atoms with van der Waals surface area (Å²) < 4.78 is 49.4. The normalized spacial score (nSPS) is 24.3. The van der Waals surface area contributed by atoms with E-state index in [0.29, 0.717) is 18.3 Å². The molecule has 2 aliphatic carbocycles. The fourth-order valence-corrected chi connectivity index (χ4v) is 6.83. The first kappa shape index (κ1) is 29.9. The minimum Gasteiger partial charge on any atom is -0.316 e. The van der Waals surface area contributed by atoms with Crippen LogP contribution in [0.1, 0.15) is 125 Å². The molecule has 0 heterocycles. The maximum absolute atomic E-state index is 14.9. The van der Waals surface area contributed by atoms with Gasteiger partial charge < -0.3 is 4.74 Å². The molecule has 214 valence electrons. The van der Waals surface area contributed by atoms with Crippen LogP contribution in [0, 0.1) is 17.7 Å². The molecule has 0 aromatic heterocycles. The van der Waals surface area contributed by atoms with E-state index in [-0.39, 0.29) is 12.5 Å². The lowest BCUT2D eigenvalue weighted by Gasteiger charge is -2.29. The zero-order valence-corrected chi connectivity index (χ0v) is 23.9. The van der Waals surface area contributed by atoms with Gasteiger partial charge in [-0.05, 0) is 130 Å². The van der Waals surface area contributed by atoms with Gasteiger partial charge in [0.05, 0.1) is 12.2 Å². The van der Waals surface area contributed by atoms with Gasteiger partial charge in [-0.3, -0.25) is 0 Å². The van der Waals surface area contributed by atoms with Crippen LogP contribution in [-0.2, 0) is 17.3 Å². The lowest BCUT2D eigenvalue weighted by Crippen LogP contribution is -2.22. The Labute approximate surface area is 234 Å². The molecule has 0 radical (unpaired) electrons. The highest BCUT2D eigenvalue weighted by Crippen LogP contribution is 2.40. The van der Waals surface area contributed by atoms with Crippen molar-refractivity contribution in [3.05, 3.63) is 82.7 Å². The fraction of sp³-hybridized carbons (Fsp3) is 0.600. The highest BCUT2D eigenvalue weighted by atomic mass is 19.3. The van der Waals surface area contributed by atoms with Gasteiger partial charge in [-0.2, -0.15) is 8.78 Å². The van der Waals surface area contributed by atoms with Gasteiger partial charge in [0.15, 0.2) is 0 Å². The van der Waals surface area contributed by atoms with Crippen molar-refractivity contribution < 1.29 is 17.9 Å². The van der Waals surface area contributed by atoms with Crippen molar-refractivity contribution in [1.82, 2.24) is 0 Å². The Morgan fingerprint density at radius 1 is 0.821 bits per heavy atom. The molecule has 0 amide bonds. The van der Waals surface area contributed by atoms with Crippen LogP contribution in [0.5, 0.6) is 0 Å². The second kappa shape index (κ2) is 14.5. The number of ether oxygens (including phenoxy) is 1. The number of alkyl halides is 2. The van der Waals surface area contributed by atoms with Gasteiger partial charge in [-0.1, -0.05) is 62.2 Å². The molecule has 2 saturated carbocycles. The Morgan fingerprint density at radius 2 is 1.41 bits per heavy atom. The molecule has 2 fully saturated rings. The third kappa shape index (κ3) is 8.46. The van der Waals surface area contributed by atoms with Gasteiger partial charge in [0.1, 0.15) is 5.82 Å². The Balaban J connectivity index is 1.24. The molecule has 0 saturated heterocycles. The molecule has 2 aliphatic rings. The molecule has 2 aromatic carbocycles. The van der Waals surface area contributed by atoms with Crippen LogP contribution < -0.4 is 0 Å². The molecular weight excluding hydrogens is 493 g/mol. The Kier molecular flexibility index (Phi) is 11.1. The second-order valence-electron chi connectivity index (χ2n) is 12.0. The lowest BCUT2D eigenvalue weighted by molar-refractivity contribution is -0.249. The van der Waals surface area contributed by atoms with Crippen LogP contribution in [0.25, 0.3) is 0 Å². The van der Waals surface area contributed by atoms with E-state index in [9.17, 15) is 13.2 Å². The molecule has 2 aromatic rings. The summed E-state index contributed by atoms with van der Waals surface area (Å²) in [6, 6.07) is 12.6. The van der Waals surface area contributed by atoms with E-state index in [2.05, 4.69) is 31.2 Å². The number of allylic oxidation sites excluding steroid dienone is 2. The van der Waals surface area contributed by atoms with E-state index >= 15 is 0 Å². The first-order chi connectivity index (χ1) is 18.9. The number of benzene rings is 2. The maximum atomic E-state index is 14.9. The van der Waals surface area contributed by atoms with Crippen LogP contribution in [0.4, 0.5) is 13.2 Å². The molecule has 0 unspecified atom stereocenters. The Morgan fingerprint density at radius 3 is 2.00 bits per heavy atom. The Hall–Kier alpha value is -2.07. The predicted molar refractivity (Wildman–Crippen MR) is 155 cm³/mol. The van der Waals surface area contributed by atoms with Crippen LogP contribution >= 0.6 is 0 Å². The quantitative estimate of drug-likeness (QED) is 0.243. The summed E-state index contributed by atoms with van der Waals surface area (Å²) in [4.78, 5) is 0. The summed E-state index contributed by atoms with van der Waals surface area (Å²) in [5.74, 6) is 1.57. The zero-order chi connectivity index (χ0) is 27.7. The number of rotatable bonds is 12. The standard InChI is InChI=1S/C35H47F3O/c1-3-5-6-8-27-11-19-31(20-12-27)32-21-22-33(34(36)25-32)35(37,38)39-24-23-28-13-17-30(18-14-28)29-15-9-26(7-4-2)10-16-29/h3,5,13-14,17-18,21-22,25-27,29,31H,4,6-12,15-16,19-20,23-24H2,1-2H3/b5-3+/t26-,27-,29-,31-. The van der Waals surface area contributed by atoms with Crippen molar-refractivity contribution in [3.63, 3.8) is 0 Å². The number of halogens is 3. The summed E-state index contributed by atoms with van der Waals surface area (Å²) in [6.45, 7) is 4.14. The highest BCUT2D eigenvalue weighted by Gasteiger charge is 2.36. The lowest BCUT2D eigenvalue weighted by atomic mass is 9.77. The monoisotopic (exact) mass is 540 g/mol. The van der Waals surface area contributed by atoms with Gasteiger partial charge in [-0.15, -0.1) is 0 Å². The van der Waals surface area contributed by atoms with Crippen LogP contribution in [0.2, 0.25) is 0 Å². The first-order valence-corrected chi connectivity index (χ1v) is 15.4. The van der Waals surface area contributed by atoms with Crippen molar-refractivity contribution in [2.75, 3.05) is 6.61 Å². The van der Waals surface area contributed by atoms with Gasteiger partial charge in [0.25, 0.3) is 0 Å². The largest absolute Gasteiger partial charge is 0.386 e. The van der Waals surface area contributed by atoms with Gasteiger partial charge in [-0.25, -0.2) is 4.39 Å². The Bertz CT molecular complexity index is 1030. The van der Waals surface area contributed by atoms with E-state index in [1.807, 2.05) is 19.1 Å². The van der Waals surface area contributed by atoms with Gasteiger partial charge >= 0.3 is 6.11 Å². The molecule has 4 rings (SSSR count). The molecule has 0 N–H and O–H groups in total. The van der Waals surface area contributed by atoms with Gasteiger partial charge in [0, 0.05) is 0 Å². The van der Waals surface area contributed by atoms with Crippen molar-refractivity contribution in [2.24, 2.45) is 11.8 Å². The summed E-state index contributed by atoms with van der Waals surface area (Å²) in [5, 5.41) is 0. The van der Waals surface area contributed by atoms with Crippen molar-refractivity contribution in [1.29, 1.82) is 0 Å². The third-order valence-electron chi connectivity index (χ3n) is 9.27. The molecule has 0 spiro atoms. The van der Waals surface area contributed by atoms with Crippen LogP contribution in [0.3, 0.4) is 0 Å². The zero-order valence-electron chi connectivity index (χ0n) is 23.9. The number of hydrogen-bond donors (Lipinski definition) is 0. The molecule has 0 atom stereocenters. The molecule has 0 bridgehead atoms. The third-order valence-corrected chi connectivity index (χ3v) is 9.27. The number of hydrogen-bond acceptors (Lipinski definition) is 1. The first-order valence-electron chi connectivity index (χ1n) is 15.4. The molecule has 1 nitrogen and oxygen atoms in total. The predicted octanol–water partition coefficient (Wildman–Crippen LogP) is 10.8. The second-order valence-corrected chi connectivity index (χ2v) is 12.0. The van der Waals surface area contributed by atoms with E-state index in [4.69, 9.17) is 4.74 Å². The summed E-state index contributed by atoms with van der Waals surface area (Å²) >= 11 is 0. The highest BCUT2D eigenvalue weighted by molar-refractivity contribution is 5.29. The van der Waals surface area contributed by atoms with E-state index in [0.717, 1.165) is 49.1 Å². The average molecular weight is 541 g/mol. The summed E-state index contributed by atoms with van der Waals surface area (Å²) in [7, 11) is 0. The van der Waals surface area contributed by atoms with Gasteiger partial charge in [0.2, 0.25) is 0 Å². The maximum Gasteiger partial charge on any atom is 0.386 e. The summed E-state index contributed by atoms with van der Waals surface area (Å²) in [5.41, 5.74) is 2.48. The smallest absolute Gasteiger partial charge is 0.316 e. The minimum absolute atomic E-state index is 0.160. The molecule has 4 heteroatoms. The SMILES string of the molecule is C/C=C/CC[C@H]1CC[C@H](c2ccc(C(F)(F)OCCc3ccc([C@H]4CC[C@H](CCC)CC4)cc3)c(F)c2)CC1. The fourth-order valence-electron chi connectivity index (χ4n) is 6.83. The van der Waals surface area contributed by atoms with E-state index < -0.39 is 17.5 Å². The molecular formula is C35H47F3O. The molecule has 39 heavy (non-hydrogen) atoms. The molecule has 0 aliphatic heterocycles. The van der Waals surface area contributed by atoms with Crippen molar-refractivity contribution in [2.45, 2.75) is 115 Å². The average Bonchev–Trinajstić information content (AvgIpc) is 2.94. The van der Waals surface area contributed by atoms with Crippen molar-refractivity contribution >= 4 is 0 Å². The van der Waals surface area contributed by atoms with Crippen LogP contribution in [-0.4, -0.2) is 6.61 Å². The minimum atomic E-state index is -3.65. The summed E-state index contributed by atoms with van der Waals surface area (Å²) in [6.07, 6.45) is 15.2. The van der Waals surface area contributed by atoms with Crippen LogP contribution in [0.15, 0.2) is 54.6 Å². The topological polar surface area (TPSA) is 9.23 Å². The van der Waals surface area contributed by atoms with Crippen molar-refractivity contribution in [3.8, 4) is 0 Å². The van der Waals surface area contributed by atoms with E-state index in [1.54, 1.807) is 6.07 Å².